The molecule has 0 saturated carbocycles. The summed E-state index contributed by atoms with van der Waals surface area (Å²) in [4.78, 5) is 27.3. The van der Waals surface area contributed by atoms with E-state index in [-0.39, 0.29) is 15.4 Å². The van der Waals surface area contributed by atoms with Crippen molar-refractivity contribution in [2.75, 3.05) is 50.5 Å². The molecule has 4 heterocycles. The number of sulfonamides is 1. The quantitative estimate of drug-likeness (QED) is 0.431. The van der Waals surface area contributed by atoms with E-state index in [9.17, 15) is 13.2 Å². The lowest BCUT2D eigenvalue weighted by atomic mass is 10.2. The Kier molecular flexibility index (Phi) is 8.09. The summed E-state index contributed by atoms with van der Waals surface area (Å²) < 4.78 is 33.7. The fourth-order valence-electron chi connectivity index (χ4n) is 4.08. The van der Waals surface area contributed by atoms with Gasteiger partial charge >= 0.3 is 6.09 Å². The van der Waals surface area contributed by atoms with Gasteiger partial charge in [-0.1, -0.05) is 18.3 Å². The third-order valence-electron chi connectivity index (χ3n) is 5.92. The number of carbonyl (C=O) groups is 1. The molecule has 2 N–H and O–H groups in total. The van der Waals surface area contributed by atoms with Crippen molar-refractivity contribution >= 4 is 60.0 Å². The maximum absolute atomic E-state index is 13.2. The van der Waals surface area contributed by atoms with Gasteiger partial charge in [0.05, 0.1) is 23.0 Å². The lowest BCUT2D eigenvalue weighted by Gasteiger charge is -2.35. The number of nitrogens with zero attached hydrogens (tertiary/aromatic N) is 5. The van der Waals surface area contributed by atoms with Crippen LogP contribution in [0.3, 0.4) is 0 Å². The maximum Gasteiger partial charge on any atom is 0.413 e. The smallest absolute Gasteiger partial charge is 0.413 e. The third kappa shape index (κ3) is 5.62. The van der Waals surface area contributed by atoms with E-state index in [1.807, 2.05) is 6.92 Å². The topological polar surface area (TPSA) is 130 Å². The van der Waals surface area contributed by atoms with Gasteiger partial charge in [-0.3, -0.25) is 10.2 Å². The van der Waals surface area contributed by atoms with Gasteiger partial charge in [0, 0.05) is 45.2 Å². The second kappa shape index (κ2) is 10.9. The van der Waals surface area contributed by atoms with Crippen LogP contribution in [0.1, 0.15) is 30.9 Å². The first-order valence-corrected chi connectivity index (χ1v) is 14.8. The molecule has 1 amide bonds. The Morgan fingerprint density at radius 3 is 2.58 bits per heavy atom. The largest absolute Gasteiger partial charge is 0.453 e. The van der Waals surface area contributed by atoms with Crippen LogP contribution in [0.4, 0.5) is 15.7 Å². The lowest BCUT2D eigenvalue weighted by molar-refractivity contribution is 0.184. The first-order valence-electron chi connectivity index (χ1n) is 11.7. The Hall–Kier alpha value is -2.39. The molecule has 3 aromatic heterocycles. The van der Waals surface area contributed by atoms with Crippen molar-refractivity contribution < 1.29 is 17.9 Å². The fourth-order valence-corrected chi connectivity index (χ4v) is 7.98. The molecule has 11 nitrogen and oxygen atoms in total. The van der Waals surface area contributed by atoms with Crippen LogP contribution in [-0.4, -0.2) is 84.5 Å². The van der Waals surface area contributed by atoms with Crippen LogP contribution in [0.15, 0.2) is 9.59 Å². The highest BCUT2D eigenvalue weighted by molar-refractivity contribution is 7.91. The minimum atomic E-state index is -3.71. The van der Waals surface area contributed by atoms with Crippen molar-refractivity contribution in [2.24, 2.45) is 0 Å². The molecule has 0 bridgehead atoms. The summed E-state index contributed by atoms with van der Waals surface area (Å²) in [5.41, 5.74) is 2.52. The second-order valence-corrected chi connectivity index (χ2v) is 12.7. The van der Waals surface area contributed by atoms with E-state index in [4.69, 9.17) is 4.98 Å². The minimum Gasteiger partial charge on any atom is -0.453 e. The van der Waals surface area contributed by atoms with Gasteiger partial charge in [0.1, 0.15) is 11.6 Å². The molecule has 0 unspecified atom stereocenters. The van der Waals surface area contributed by atoms with Crippen molar-refractivity contribution in [1.82, 2.24) is 24.2 Å². The van der Waals surface area contributed by atoms with Gasteiger partial charge in [-0.15, -0.1) is 11.3 Å². The number of ether oxygens (including phenoxy) is 1. The average Bonchev–Trinajstić information content (AvgIpc) is 3.41. The van der Waals surface area contributed by atoms with Crippen LogP contribution in [-0.2, 0) is 21.2 Å². The highest BCUT2D eigenvalue weighted by Crippen LogP contribution is 2.31. The molecule has 0 spiro atoms. The molecule has 1 saturated heterocycles. The standard InChI is InChI=1S/C22H31N7O4S3/c1-6-16-25-17-13(2)12-34-18(17)19(26-16)23-14(3)11-28-7-9-29(10-8-28)36(31,32)20-15(4)24-21(35-20)27-22(30)33-5/h12,14H,6-11H2,1-5H3,(H,23,25,26)(H,24,27,30)/t14-/m0/s1. The van der Waals surface area contributed by atoms with Crippen molar-refractivity contribution in [1.29, 1.82) is 0 Å². The summed E-state index contributed by atoms with van der Waals surface area (Å²) in [6, 6.07) is 0.120. The van der Waals surface area contributed by atoms with Crippen molar-refractivity contribution in [3.63, 3.8) is 0 Å². The van der Waals surface area contributed by atoms with E-state index in [0.717, 1.165) is 51.7 Å². The van der Waals surface area contributed by atoms with Gasteiger partial charge in [-0.25, -0.2) is 28.2 Å². The number of hydrogen-bond donors (Lipinski definition) is 2. The molecule has 1 aliphatic rings. The van der Waals surface area contributed by atoms with Crippen LogP contribution >= 0.6 is 22.7 Å². The first-order chi connectivity index (χ1) is 17.1. The first kappa shape index (κ1) is 26.7. The Labute approximate surface area is 219 Å². The fraction of sp³-hybridized carbons (Fsp3) is 0.545. The molecule has 196 valence electrons. The number of anilines is 2. The number of thiazole rings is 1. The number of methoxy groups -OCH3 is 1. The number of fused-ring (bicyclic) bond motifs is 1. The third-order valence-corrected chi connectivity index (χ3v) is 10.6. The molecule has 14 heteroatoms. The molecule has 4 rings (SSSR count). The lowest BCUT2D eigenvalue weighted by Crippen LogP contribution is -2.50. The Balaban J connectivity index is 1.37. The van der Waals surface area contributed by atoms with Crippen LogP contribution < -0.4 is 10.6 Å². The number of carbonyl (C=O) groups excluding carboxylic acids is 1. The Morgan fingerprint density at radius 1 is 1.19 bits per heavy atom. The Bertz CT molecular complexity index is 1350. The number of nitrogens with one attached hydrogen (secondary N) is 2. The number of rotatable bonds is 8. The van der Waals surface area contributed by atoms with E-state index < -0.39 is 16.1 Å². The van der Waals surface area contributed by atoms with Gasteiger partial charge in [0.2, 0.25) is 0 Å². The number of thiophene rings is 1. The zero-order valence-electron chi connectivity index (χ0n) is 21.0. The van der Waals surface area contributed by atoms with E-state index in [1.165, 1.54) is 11.4 Å². The van der Waals surface area contributed by atoms with Crippen LogP contribution in [0.2, 0.25) is 0 Å². The van der Waals surface area contributed by atoms with E-state index in [2.05, 4.69) is 49.5 Å². The zero-order chi connectivity index (χ0) is 26.0. The molecule has 1 fully saturated rings. The molecule has 0 aliphatic carbocycles. The monoisotopic (exact) mass is 553 g/mol. The molecule has 0 aromatic carbocycles. The molecule has 3 aromatic rings. The highest BCUT2D eigenvalue weighted by atomic mass is 32.2. The van der Waals surface area contributed by atoms with Crippen molar-refractivity contribution in [3.05, 3.63) is 22.5 Å². The predicted octanol–water partition coefficient (Wildman–Crippen LogP) is 3.31. The molecule has 1 aliphatic heterocycles. The van der Waals surface area contributed by atoms with E-state index >= 15 is 0 Å². The summed E-state index contributed by atoms with van der Waals surface area (Å²) in [5, 5.41) is 8.29. The SMILES string of the molecule is CCc1nc(N[C@@H](C)CN2CCN(S(=O)(=O)c3sc(NC(=O)OC)nc3C)CC2)c2scc(C)c2n1. The molecular weight excluding hydrogens is 522 g/mol. The number of aryl methyl sites for hydroxylation is 3. The zero-order valence-corrected chi connectivity index (χ0v) is 23.4. The number of amides is 1. The number of piperazine rings is 1. The van der Waals surface area contributed by atoms with Gasteiger partial charge in [0.15, 0.2) is 9.34 Å². The summed E-state index contributed by atoms with van der Waals surface area (Å²) in [5.74, 6) is 1.68. The number of aromatic nitrogens is 3. The normalized spacial score (nSPS) is 16.2. The summed E-state index contributed by atoms with van der Waals surface area (Å²) in [6.07, 6.45) is 0.0800. The molecule has 1 atom stereocenters. The van der Waals surface area contributed by atoms with Gasteiger partial charge < -0.3 is 10.1 Å². The van der Waals surface area contributed by atoms with Gasteiger partial charge in [-0.05, 0) is 31.7 Å². The minimum absolute atomic E-state index is 0.120. The van der Waals surface area contributed by atoms with Crippen molar-refractivity contribution in [2.45, 2.75) is 44.4 Å². The second-order valence-electron chi connectivity index (χ2n) is 8.70. The van der Waals surface area contributed by atoms with Crippen LogP contribution in [0, 0.1) is 13.8 Å². The molecule has 0 radical (unpaired) electrons. The summed E-state index contributed by atoms with van der Waals surface area (Å²) in [7, 11) is -2.47. The van der Waals surface area contributed by atoms with Gasteiger partial charge in [0.25, 0.3) is 10.0 Å². The van der Waals surface area contributed by atoms with Crippen molar-refractivity contribution in [3.8, 4) is 0 Å². The van der Waals surface area contributed by atoms with Crippen LogP contribution in [0.5, 0.6) is 0 Å². The Morgan fingerprint density at radius 2 is 1.92 bits per heavy atom. The van der Waals surface area contributed by atoms with Crippen LogP contribution in [0.25, 0.3) is 10.2 Å². The summed E-state index contributed by atoms with van der Waals surface area (Å²) >= 11 is 2.58. The van der Waals surface area contributed by atoms with E-state index in [0.29, 0.717) is 31.9 Å². The summed E-state index contributed by atoms with van der Waals surface area (Å²) in [6.45, 7) is 10.6. The number of hydrogen-bond acceptors (Lipinski definition) is 11. The van der Waals surface area contributed by atoms with Gasteiger partial charge in [-0.2, -0.15) is 4.31 Å². The molecular formula is C22H31N7O4S3. The molecule has 36 heavy (non-hydrogen) atoms. The van der Waals surface area contributed by atoms with E-state index in [1.54, 1.807) is 18.3 Å². The predicted molar refractivity (Wildman–Crippen MR) is 143 cm³/mol. The highest BCUT2D eigenvalue weighted by Gasteiger charge is 2.32. The average molecular weight is 554 g/mol. The maximum atomic E-state index is 13.2.